The van der Waals surface area contributed by atoms with Crippen LogP contribution < -0.4 is 5.73 Å². The minimum absolute atomic E-state index is 0.0614. The molecule has 18 heavy (non-hydrogen) atoms. The van der Waals surface area contributed by atoms with E-state index in [2.05, 4.69) is 6.58 Å². The SMILES string of the molecule is C=CCOCCCC(=O)N1CCCCC1C(C)N. The van der Waals surface area contributed by atoms with Gasteiger partial charge in [-0.15, -0.1) is 6.58 Å². The van der Waals surface area contributed by atoms with Gasteiger partial charge in [-0.2, -0.15) is 0 Å². The van der Waals surface area contributed by atoms with Crippen LogP contribution in [0.15, 0.2) is 12.7 Å². The normalized spacial score (nSPS) is 21.7. The number of hydrogen-bond acceptors (Lipinski definition) is 3. The molecule has 0 bridgehead atoms. The molecule has 0 radical (unpaired) electrons. The Bertz CT molecular complexity index is 267. The zero-order chi connectivity index (χ0) is 13.4. The predicted molar refractivity (Wildman–Crippen MR) is 73.3 cm³/mol. The number of hydrogen-bond donors (Lipinski definition) is 1. The standard InChI is InChI=1S/C14H26N2O2/c1-3-10-18-11-6-8-14(17)16-9-5-4-7-13(16)12(2)15/h3,12-13H,1,4-11,15H2,2H3. The second-order valence-corrected chi connectivity index (χ2v) is 4.98. The summed E-state index contributed by atoms with van der Waals surface area (Å²) in [6, 6.07) is 0.284. The molecule has 1 fully saturated rings. The van der Waals surface area contributed by atoms with Crippen molar-refractivity contribution in [1.29, 1.82) is 0 Å². The van der Waals surface area contributed by atoms with Crippen molar-refractivity contribution in [2.24, 2.45) is 5.73 Å². The van der Waals surface area contributed by atoms with Crippen molar-refractivity contribution < 1.29 is 9.53 Å². The van der Waals surface area contributed by atoms with E-state index in [1.54, 1.807) is 6.08 Å². The first-order valence-electron chi connectivity index (χ1n) is 6.90. The van der Waals surface area contributed by atoms with E-state index >= 15 is 0 Å². The summed E-state index contributed by atoms with van der Waals surface area (Å²) in [5.41, 5.74) is 5.96. The average molecular weight is 254 g/mol. The molecule has 1 amide bonds. The fraction of sp³-hybridized carbons (Fsp3) is 0.786. The number of amides is 1. The number of likely N-dealkylation sites (tertiary alicyclic amines) is 1. The van der Waals surface area contributed by atoms with Crippen LogP contribution in [0.4, 0.5) is 0 Å². The van der Waals surface area contributed by atoms with Gasteiger partial charge in [-0.1, -0.05) is 6.08 Å². The van der Waals surface area contributed by atoms with Gasteiger partial charge in [0, 0.05) is 31.7 Å². The number of nitrogens with two attached hydrogens (primary N) is 1. The van der Waals surface area contributed by atoms with E-state index in [0.29, 0.717) is 19.6 Å². The molecule has 1 heterocycles. The Labute approximate surface area is 110 Å². The Morgan fingerprint density at radius 2 is 2.39 bits per heavy atom. The maximum Gasteiger partial charge on any atom is 0.222 e. The molecular weight excluding hydrogens is 228 g/mol. The van der Waals surface area contributed by atoms with Crippen molar-refractivity contribution in [2.75, 3.05) is 19.8 Å². The van der Waals surface area contributed by atoms with Crippen LogP contribution in [0.2, 0.25) is 0 Å². The lowest BCUT2D eigenvalue weighted by molar-refractivity contribution is -0.135. The van der Waals surface area contributed by atoms with Crippen LogP contribution in [-0.2, 0) is 9.53 Å². The van der Waals surface area contributed by atoms with Crippen LogP contribution in [-0.4, -0.2) is 42.6 Å². The van der Waals surface area contributed by atoms with Crippen molar-refractivity contribution in [3.63, 3.8) is 0 Å². The third-order valence-electron chi connectivity index (χ3n) is 3.39. The molecule has 1 saturated heterocycles. The van der Waals surface area contributed by atoms with E-state index in [0.717, 1.165) is 25.8 Å². The molecule has 2 unspecified atom stereocenters. The summed E-state index contributed by atoms with van der Waals surface area (Å²) in [5.74, 6) is 0.221. The first-order valence-corrected chi connectivity index (χ1v) is 6.90. The van der Waals surface area contributed by atoms with E-state index in [-0.39, 0.29) is 18.0 Å². The van der Waals surface area contributed by atoms with E-state index in [4.69, 9.17) is 10.5 Å². The van der Waals surface area contributed by atoms with Crippen molar-refractivity contribution in [3.05, 3.63) is 12.7 Å². The van der Waals surface area contributed by atoms with Gasteiger partial charge in [0.2, 0.25) is 5.91 Å². The summed E-state index contributed by atoms with van der Waals surface area (Å²) in [5, 5.41) is 0. The summed E-state index contributed by atoms with van der Waals surface area (Å²) >= 11 is 0. The second-order valence-electron chi connectivity index (χ2n) is 4.98. The lowest BCUT2D eigenvalue weighted by Gasteiger charge is -2.38. The molecule has 4 nitrogen and oxygen atoms in total. The van der Waals surface area contributed by atoms with Gasteiger partial charge in [0.05, 0.1) is 6.61 Å². The smallest absolute Gasteiger partial charge is 0.222 e. The number of carbonyl (C=O) groups is 1. The molecule has 0 spiro atoms. The number of piperidine rings is 1. The topological polar surface area (TPSA) is 55.6 Å². The van der Waals surface area contributed by atoms with E-state index in [1.165, 1.54) is 6.42 Å². The van der Waals surface area contributed by atoms with E-state index in [1.807, 2.05) is 11.8 Å². The van der Waals surface area contributed by atoms with E-state index in [9.17, 15) is 4.79 Å². The third-order valence-corrected chi connectivity index (χ3v) is 3.39. The van der Waals surface area contributed by atoms with Crippen LogP contribution in [0.3, 0.4) is 0 Å². The third kappa shape index (κ3) is 4.78. The van der Waals surface area contributed by atoms with Gasteiger partial charge >= 0.3 is 0 Å². The molecule has 0 aromatic carbocycles. The Morgan fingerprint density at radius 1 is 1.61 bits per heavy atom. The van der Waals surface area contributed by atoms with Gasteiger partial charge < -0.3 is 15.4 Å². The van der Waals surface area contributed by atoms with Gasteiger partial charge in [0.25, 0.3) is 0 Å². The van der Waals surface area contributed by atoms with Gasteiger partial charge in [-0.3, -0.25) is 4.79 Å². The number of ether oxygens (including phenoxy) is 1. The Kier molecular flexibility index (Phi) is 6.98. The molecule has 1 aliphatic rings. The molecule has 0 aromatic rings. The molecular formula is C14H26N2O2. The molecule has 104 valence electrons. The van der Waals surface area contributed by atoms with Crippen molar-refractivity contribution in [2.45, 2.75) is 51.1 Å². The molecule has 1 rings (SSSR count). The van der Waals surface area contributed by atoms with Crippen LogP contribution >= 0.6 is 0 Å². The maximum atomic E-state index is 12.1. The first-order chi connectivity index (χ1) is 8.66. The number of nitrogens with zero attached hydrogens (tertiary/aromatic N) is 1. The van der Waals surface area contributed by atoms with Crippen LogP contribution in [0.5, 0.6) is 0 Å². The van der Waals surface area contributed by atoms with Crippen molar-refractivity contribution in [1.82, 2.24) is 4.90 Å². The highest BCUT2D eigenvalue weighted by atomic mass is 16.5. The van der Waals surface area contributed by atoms with Crippen LogP contribution in [0.1, 0.15) is 39.0 Å². The minimum Gasteiger partial charge on any atom is -0.377 e. The molecule has 0 aliphatic carbocycles. The van der Waals surface area contributed by atoms with Gasteiger partial charge in [-0.25, -0.2) is 0 Å². The molecule has 2 atom stereocenters. The largest absolute Gasteiger partial charge is 0.377 e. The van der Waals surface area contributed by atoms with Gasteiger partial charge in [0.1, 0.15) is 0 Å². The zero-order valence-electron chi connectivity index (χ0n) is 11.4. The molecule has 0 aromatic heterocycles. The first kappa shape index (κ1) is 15.2. The number of rotatable bonds is 7. The maximum absolute atomic E-state index is 12.1. The quantitative estimate of drug-likeness (QED) is 0.556. The lowest BCUT2D eigenvalue weighted by Crippen LogP contribution is -2.51. The average Bonchev–Trinajstić information content (AvgIpc) is 2.38. The Morgan fingerprint density at radius 3 is 3.06 bits per heavy atom. The highest BCUT2D eigenvalue weighted by Gasteiger charge is 2.28. The molecule has 2 N–H and O–H groups in total. The highest BCUT2D eigenvalue weighted by molar-refractivity contribution is 5.76. The lowest BCUT2D eigenvalue weighted by atomic mass is 9.96. The van der Waals surface area contributed by atoms with Crippen molar-refractivity contribution in [3.8, 4) is 0 Å². The fourth-order valence-corrected chi connectivity index (χ4v) is 2.45. The summed E-state index contributed by atoms with van der Waals surface area (Å²) in [4.78, 5) is 14.1. The summed E-state index contributed by atoms with van der Waals surface area (Å²) in [6.07, 6.45) is 6.37. The summed E-state index contributed by atoms with van der Waals surface area (Å²) in [7, 11) is 0. The fourth-order valence-electron chi connectivity index (χ4n) is 2.45. The second kappa shape index (κ2) is 8.27. The Hall–Kier alpha value is -0.870. The monoisotopic (exact) mass is 254 g/mol. The minimum atomic E-state index is 0.0614. The zero-order valence-corrected chi connectivity index (χ0v) is 11.4. The van der Waals surface area contributed by atoms with Crippen LogP contribution in [0.25, 0.3) is 0 Å². The predicted octanol–water partition coefficient (Wildman–Crippen LogP) is 1.70. The van der Waals surface area contributed by atoms with Crippen molar-refractivity contribution >= 4 is 5.91 Å². The van der Waals surface area contributed by atoms with Crippen LogP contribution in [0, 0.1) is 0 Å². The summed E-state index contributed by atoms with van der Waals surface area (Å²) in [6.45, 7) is 7.61. The van der Waals surface area contributed by atoms with E-state index < -0.39 is 0 Å². The highest BCUT2D eigenvalue weighted by Crippen LogP contribution is 2.20. The molecule has 0 saturated carbocycles. The molecule has 4 heteroatoms. The van der Waals surface area contributed by atoms with Gasteiger partial charge in [0.15, 0.2) is 0 Å². The van der Waals surface area contributed by atoms with Gasteiger partial charge in [-0.05, 0) is 32.6 Å². The Balaban J connectivity index is 2.31. The summed E-state index contributed by atoms with van der Waals surface area (Å²) < 4.78 is 5.28. The number of carbonyl (C=O) groups excluding carboxylic acids is 1. The molecule has 1 aliphatic heterocycles.